The fraction of sp³-hybridized carbons (Fsp3) is 0.188. The molecule has 2 N–H and O–H groups in total. The Morgan fingerprint density at radius 1 is 1.11 bits per heavy atom. The Morgan fingerprint density at radius 3 is 2.58 bits per heavy atom. The van der Waals surface area contributed by atoms with Crippen molar-refractivity contribution in [3.05, 3.63) is 59.9 Å². The Balaban J connectivity index is 2.06. The van der Waals surface area contributed by atoms with Crippen LogP contribution in [0.25, 0.3) is 11.0 Å². The second-order valence-corrected chi connectivity index (χ2v) is 4.99. The minimum Gasteiger partial charge on any atom is -0.399 e. The summed E-state index contributed by atoms with van der Waals surface area (Å²) in [6.07, 6.45) is 1.88. The first-order valence-electron chi connectivity index (χ1n) is 6.44. The van der Waals surface area contributed by atoms with Crippen molar-refractivity contribution < 1.29 is 0 Å². The van der Waals surface area contributed by atoms with E-state index >= 15 is 0 Å². The number of hydrogen-bond donors (Lipinski definition) is 1. The molecule has 0 saturated carbocycles. The van der Waals surface area contributed by atoms with Gasteiger partial charge in [0.25, 0.3) is 0 Å². The van der Waals surface area contributed by atoms with Gasteiger partial charge in [0, 0.05) is 5.69 Å². The third-order valence-electron chi connectivity index (χ3n) is 3.58. The van der Waals surface area contributed by atoms with Gasteiger partial charge in [0.2, 0.25) is 0 Å². The quantitative estimate of drug-likeness (QED) is 0.708. The predicted octanol–water partition coefficient (Wildman–Crippen LogP) is 3.54. The second-order valence-electron chi connectivity index (χ2n) is 4.99. The van der Waals surface area contributed by atoms with Crippen LogP contribution in [0.5, 0.6) is 0 Å². The maximum atomic E-state index is 5.79. The Morgan fingerprint density at radius 2 is 1.84 bits per heavy atom. The van der Waals surface area contributed by atoms with Crippen LogP contribution < -0.4 is 5.73 Å². The van der Waals surface area contributed by atoms with E-state index in [2.05, 4.69) is 47.7 Å². The van der Waals surface area contributed by atoms with Gasteiger partial charge in [0.05, 0.1) is 23.4 Å². The van der Waals surface area contributed by atoms with E-state index < -0.39 is 0 Å². The largest absolute Gasteiger partial charge is 0.399 e. The standard InChI is InChI=1S/C16H17N3/c1-11-3-5-13(6-4-11)12(2)19-10-18-15-9-14(17)7-8-16(15)19/h3-10,12H,17H2,1-2H3. The molecule has 0 aliphatic heterocycles. The average Bonchev–Trinajstić information content (AvgIpc) is 2.81. The molecule has 1 unspecified atom stereocenters. The number of imidazole rings is 1. The van der Waals surface area contributed by atoms with Crippen molar-refractivity contribution >= 4 is 16.7 Å². The number of benzene rings is 2. The zero-order chi connectivity index (χ0) is 13.4. The van der Waals surface area contributed by atoms with Crippen LogP contribution in [0, 0.1) is 6.92 Å². The molecule has 2 aromatic carbocycles. The molecule has 0 aliphatic carbocycles. The van der Waals surface area contributed by atoms with Gasteiger partial charge < -0.3 is 10.3 Å². The monoisotopic (exact) mass is 251 g/mol. The van der Waals surface area contributed by atoms with E-state index in [1.807, 2.05) is 24.5 Å². The van der Waals surface area contributed by atoms with E-state index in [1.165, 1.54) is 11.1 Å². The van der Waals surface area contributed by atoms with Crippen molar-refractivity contribution in [1.29, 1.82) is 0 Å². The van der Waals surface area contributed by atoms with E-state index in [0.717, 1.165) is 16.7 Å². The molecule has 0 saturated heterocycles. The van der Waals surface area contributed by atoms with Crippen LogP contribution in [0.3, 0.4) is 0 Å². The van der Waals surface area contributed by atoms with E-state index in [4.69, 9.17) is 5.73 Å². The van der Waals surface area contributed by atoms with E-state index in [9.17, 15) is 0 Å². The van der Waals surface area contributed by atoms with Crippen LogP contribution in [0.4, 0.5) is 5.69 Å². The predicted molar refractivity (Wildman–Crippen MR) is 79.1 cm³/mol. The molecule has 1 atom stereocenters. The molecule has 96 valence electrons. The Bertz CT molecular complexity index is 710. The first-order valence-corrected chi connectivity index (χ1v) is 6.44. The molecule has 0 fully saturated rings. The fourth-order valence-electron chi connectivity index (χ4n) is 2.36. The van der Waals surface area contributed by atoms with Gasteiger partial charge in [-0.1, -0.05) is 29.8 Å². The molecular weight excluding hydrogens is 234 g/mol. The molecule has 3 nitrogen and oxygen atoms in total. The van der Waals surface area contributed by atoms with Crippen LogP contribution in [-0.2, 0) is 0 Å². The van der Waals surface area contributed by atoms with Gasteiger partial charge in [-0.05, 0) is 37.6 Å². The molecule has 0 aliphatic rings. The second kappa shape index (κ2) is 4.43. The SMILES string of the molecule is Cc1ccc(C(C)n2cnc3cc(N)ccc32)cc1. The van der Waals surface area contributed by atoms with Crippen LogP contribution in [0.1, 0.15) is 24.1 Å². The summed E-state index contributed by atoms with van der Waals surface area (Å²) in [5.74, 6) is 0. The topological polar surface area (TPSA) is 43.8 Å². The molecule has 1 aromatic heterocycles. The molecule has 0 spiro atoms. The van der Waals surface area contributed by atoms with Gasteiger partial charge in [0.1, 0.15) is 0 Å². The normalized spacial score (nSPS) is 12.7. The molecule has 0 radical (unpaired) electrons. The van der Waals surface area contributed by atoms with Crippen molar-refractivity contribution in [2.45, 2.75) is 19.9 Å². The van der Waals surface area contributed by atoms with E-state index in [1.54, 1.807) is 0 Å². The van der Waals surface area contributed by atoms with Crippen LogP contribution in [0.15, 0.2) is 48.8 Å². The number of nitrogens with zero attached hydrogens (tertiary/aromatic N) is 2. The average molecular weight is 251 g/mol. The minimum absolute atomic E-state index is 0.259. The maximum absolute atomic E-state index is 5.79. The summed E-state index contributed by atoms with van der Waals surface area (Å²) in [6, 6.07) is 14.7. The summed E-state index contributed by atoms with van der Waals surface area (Å²) >= 11 is 0. The summed E-state index contributed by atoms with van der Waals surface area (Å²) in [4.78, 5) is 4.43. The van der Waals surface area contributed by atoms with Crippen molar-refractivity contribution in [3.63, 3.8) is 0 Å². The first kappa shape index (κ1) is 11.8. The molecular formula is C16H17N3. The number of nitrogens with two attached hydrogens (primary N) is 1. The summed E-state index contributed by atoms with van der Waals surface area (Å²) in [6.45, 7) is 4.28. The molecule has 0 bridgehead atoms. The molecule has 0 amide bonds. The molecule has 19 heavy (non-hydrogen) atoms. The number of anilines is 1. The van der Waals surface area contributed by atoms with Crippen molar-refractivity contribution in [1.82, 2.24) is 9.55 Å². The molecule has 3 rings (SSSR count). The van der Waals surface area contributed by atoms with Crippen molar-refractivity contribution in [2.24, 2.45) is 0 Å². The molecule has 1 heterocycles. The minimum atomic E-state index is 0.259. The highest BCUT2D eigenvalue weighted by Crippen LogP contribution is 2.24. The van der Waals surface area contributed by atoms with E-state index in [-0.39, 0.29) is 6.04 Å². The number of aryl methyl sites for hydroxylation is 1. The highest BCUT2D eigenvalue weighted by molar-refractivity contribution is 5.79. The zero-order valence-corrected chi connectivity index (χ0v) is 11.2. The highest BCUT2D eigenvalue weighted by Gasteiger charge is 2.11. The summed E-state index contributed by atoms with van der Waals surface area (Å²) in [5, 5.41) is 0. The lowest BCUT2D eigenvalue weighted by Crippen LogP contribution is -2.05. The van der Waals surface area contributed by atoms with Crippen LogP contribution >= 0.6 is 0 Å². The number of rotatable bonds is 2. The number of aromatic nitrogens is 2. The molecule has 3 heteroatoms. The first-order chi connectivity index (χ1) is 9.15. The van der Waals surface area contributed by atoms with Gasteiger partial charge in [-0.3, -0.25) is 0 Å². The Labute approximate surface area is 112 Å². The van der Waals surface area contributed by atoms with Gasteiger partial charge in [-0.25, -0.2) is 4.98 Å². The summed E-state index contributed by atoms with van der Waals surface area (Å²) in [7, 11) is 0. The summed E-state index contributed by atoms with van der Waals surface area (Å²) < 4.78 is 2.18. The Kier molecular flexibility index (Phi) is 2.75. The lowest BCUT2D eigenvalue weighted by molar-refractivity contribution is 0.657. The smallest absolute Gasteiger partial charge is 0.0964 e. The Hall–Kier alpha value is -2.29. The van der Waals surface area contributed by atoms with Gasteiger partial charge >= 0.3 is 0 Å². The lowest BCUT2D eigenvalue weighted by atomic mass is 10.1. The van der Waals surface area contributed by atoms with Crippen LogP contribution in [0.2, 0.25) is 0 Å². The highest BCUT2D eigenvalue weighted by atomic mass is 15.1. The molecule has 3 aromatic rings. The van der Waals surface area contributed by atoms with Gasteiger partial charge in [-0.15, -0.1) is 0 Å². The number of nitrogen functional groups attached to an aromatic ring is 1. The van der Waals surface area contributed by atoms with Crippen molar-refractivity contribution in [2.75, 3.05) is 5.73 Å². The van der Waals surface area contributed by atoms with Crippen LogP contribution in [-0.4, -0.2) is 9.55 Å². The lowest BCUT2D eigenvalue weighted by Gasteiger charge is -2.15. The van der Waals surface area contributed by atoms with Gasteiger partial charge in [-0.2, -0.15) is 0 Å². The maximum Gasteiger partial charge on any atom is 0.0964 e. The third kappa shape index (κ3) is 2.08. The van der Waals surface area contributed by atoms with Crippen molar-refractivity contribution in [3.8, 4) is 0 Å². The summed E-state index contributed by atoms with van der Waals surface area (Å²) in [5.41, 5.74) is 11.2. The fourth-order valence-corrected chi connectivity index (χ4v) is 2.36. The zero-order valence-electron chi connectivity index (χ0n) is 11.2. The number of hydrogen-bond acceptors (Lipinski definition) is 2. The van der Waals surface area contributed by atoms with E-state index in [0.29, 0.717) is 0 Å². The van der Waals surface area contributed by atoms with Gasteiger partial charge in [0.15, 0.2) is 0 Å². The third-order valence-corrected chi connectivity index (χ3v) is 3.58. The number of fused-ring (bicyclic) bond motifs is 1.